The SMILES string of the molecule is CCS(=O)(=O)[C@H]1[C@H](CCCN=C(N)N)C(=O)N1C(C)=O.Cl. The number of imide groups is 1. The summed E-state index contributed by atoms with van der Waals surface area (Å²) in [6, 6.07) is 0. The van der Waals surface area contributed by atoms with Crippen LogP contribution in [0.4, 0.5) is 0 Å². The Morgan fingerprint density at radius 3 is 2.38 bits per heavy atom. The fourth-order valence-electron chi connectivity index (χ4n) is 2.23. The number of sulfone groups is 1. The molecule has 122 valence electrons. The van der Waals surface area contributed by atoms with Crippen LogP contribution in [0, 0.1) is 5.92 Å². The zero-order chi connectivity index (χ0) is 15.5. The summed E-state index contributed by atoms with van der Waals surface area (Å²) in [4.78, 5) is 27.8. The second-order valence-corrected chi connectivity index (χ2v) is 7.01. The largest absolute Gasteiger partial charge is 0.370 e. The van der Waals surface area contributed by atoms with E-state index >= 15 is 0 Å². The van der Waals surface area contributed by atoms with Crippen molar-refractivity contribution in [3.63, 3.8) is 0 Å². The van der Waals surface area contributed by atoms with E-state index < -0.39 is 32.9 Å². The summed E-state index contributed by atoms with van der Waals surface area (Å²) >= 11 is 0. The molecule has 4 N–H and O–H groups in total. The van der Waals surface area contributed by atoms with Crippen molar-refractivity contribution in [1.29, 1.82) is 0 Å². The molecule has 0 unspecified atom stereocenters. The van der Waals surface area contributed by atoms with Crippen LogP contribution in [0.2, 0.25) is 0 Å². The summed E-state index contributed by atoms with van der Waals surface area (Å²) in [5, 5.41) is -1.04. The van der Waals surface area contributed by atoms with Crippen molar-refractivity contribution < 1.29 is 18.0 Å². The molecule has 1 saturated heterocycles. The van der Waals surface area contributed by atoms with Crippen LogP contribution in [-0.2, 0) is 19.4 Å². The van der Waals surface area contributed by atoms with Crippen molar-refractivity contribution in [2.45, 2.75) is 32.1 Å². The van der Waals surface area contributed by atoms with E-state index in [1.54, 1.807) is 0 Å². The summed E-state index contributed by atoms with van der Waals surface area (Å²) in [6.45, 7) is 3.00. The van der Waals surface area contributed by atoms with Crippen LogP contribution in [0.15, 0.2) is 4.99 Å². The van der Waals surface area contributed by atoms with Gasteiger partial charge in [-0.15, -0.1) is 12.4 Å². The summed E-state index contributed by atoms with van der Waals surface area (Å²) < 4.78 is 24.0. The number of hydrogen-bond acceptors (Lipinski definition) is 5. The van der Waals surface area contributed by atoms with E-state index in [-0.39, 0.29) is 24.1 Å². The lowest BCUT2D eigenvalue weighted by atomic mass is 9.93. The number of likely N-dealkylation sites (tertiary alicyclic amines) is 1. The normalized spacial score (nSPS) is 21.2. The van der Waals surface area contributed by atoms with Crippen molar-refractivity contribution in [3.05, 3.63) is 0 Å². The van der Waals surface area contributed by atoms with Crippen LogP contribution in [0.5, 0.6) is 0 Å². The number of halogens is 1. The first-order valence-corrected chi connectivity index (χ1v) is 8.04. The van der Waals surface area contributed by atoms with Crippen LogP contribution < -0.4 is 11.5 Å². The van der Waals surface area contributed by atoms with Gasteiger partial charge in [0.2, 0.25) is 11.8 Å². The Morgan fingerprint density at radius 1 is 1.38 bits per heavy atom. The van der Waals surface area contributed by atoms with Gasteiger partial charge in [-0.25, -0.2) is 8.42 Å². The van der Waals surface area contributed by atoms with Gasteiger partial charge in [0.15, 0.2) is 21.2 Å². The van der Waals surface area contributed by atoms with Crippen LogP contribution in [0.3, 0.4) is 0 Å². The molecular weight excluding hydrogens is 320 g/mol. The van der Waals surface area contributed by atoms with E-state index in [2.05, 4.69) is 4.99 Å². The maximum Gasteiger partial charge on any atom is 0.236 e. The molecule has 0 aromatic carbocycles. The number of β-lactam (4-membered cyclic amide) rings is 1. The van der Waals surface area contributed by atoms with Gasteiger partial charge in [0, 0.05) is 19.2 Å². The van der Waals surface area contributed by atoms with E-state index in [0.29, 0.717) is 19.4 Å². The second kappa shape index (κ2) is 7.60. The average molecular weight is 341 g/mol. The van der Waals surface area contributed by atoms with Gasteiger partial charge in [-0.1, -0.05) is 6.92 Å². The molecule has 2 atom stereocenters. The van der Waals surface area contributed by atoms with Gasteiger partial charge in [-0.3, -0.25) is 19.5 Å². The minimum absolute atomic E-state index is 0. The monoisotopic (exact) mass is 340 g/mol. The number of hydrogen-bond donors (Lipinski definition) is 2. The molecule has 0 saturated carbocycles. The molecule has 1 heterocycles. The topological polar surface area (TPSA) is 136 Å². The molecule has 1 aliphatic rings. The molecule has 1 fully saturated rings. The first-order valence-electron chi connectivity index (χ1n) is 6.33. The zero-order valence-electron chi connectivity index (χ0n) is 12.0. The van der Waals surface area contributed by atoms with Gasteiger partial charge < -0.3 is 11.5 Å². The third-order valence-electron chi connectivity index (χ3n) is 3.23. The molecule has 1 aliphatic heterocycles. The highest BCUT2D eigenvalue weighted by atomic mass is 35.5. The van der Waals surface area contributed by atoms with Gasteiger partial charge in [-0.05, 0) is 12.8 Å². The van der Waals surface area contributed by atoms with Crippen molar-refractivity contribution in [1.82, 2.24) is 4.90 Å². The molecule has 2 amide bonds. The molecule has 0 aromatic rings. The third-order valence-corrected chi connectivity index (χ3v) is 5.31. The lowest BCUT2D eigenvalue weighted by molar-refractivity contribution is -0.160. The Kier molecular flexibility index (Phi) is 7.11. The van der Waals surface area contributed by atoms with E-state index in [0.717, 1.165) is 4.90 Å². The summed E-state index contributed by atoms with van der Waals surface area (Å²) in [7, 11) is -3.49. The molecule has 8 nitrogen and oxygen atoms in total. The number of carbonyl (C=O) groups excluding carboxylic acids is 2. The first-order chi connectivity index (χ1) is 9.22. The van der Waals surface area contributed by atoms with Gasteiger partial charge in [0.25, 0.3) is 0 Å². The quantitative estimate of drug-likeness (QED) is 0.282. The highest BCUT2D eigenvalue weighted by molar-refractivity contribution is 7.92. The van der Waals surface area contributed by atoms with Crippen LogP contribution in [-0.4, -0.2) is 48.8 Å². The smallest absolute Gasteiger partial charge is 0.236 e. The Labute approximate surface area is 130 Å². The fraction of sp³-hybridized carbons (Fsp3) is 0.727. The average Bonchev–Trinajstić information content (AvgIpc) is 2.34. The van der Waals surface area contributed by atoms with Gasteiger partial charge >= 0.3 is 0 Å². The molecule has 10 heteroatoms. The Balaban J connectivity index is 0.00000400. The molecule has 0 bridgehead atoms. The van der Waals surface area contributed by atoms with Crippen molar-refractivity contribution in [2.24, 2.45) is 22.4 Å². The third kappa shape index (κ3) is 4.31. The number of rotatable bonds is 6. The Morgan fingerprint density at radius 2 is 1.95 bits per heavy atom. The maximum atomic E-state index is 12.0. The van der Waals surface area contributed by atoms with Crippen LogP contribution in [0.25, 0.3) is 0 Å². The lowest BCUT2D eigenvalue weighted by Gasteiger charge is -2.44. The molecule has 1 rings (SSSR count). The number of nitrogens with two attached hydrogens (primary N) is 2. The van der Waals surface area contributed by atoms with Crippen molar-refractivity contribution in [3.8, 4) is 0 Å². The van der Waals surface area contributed by atoms with Gasteiger partial charge in [0.1, 0.15) is 0 Å². The molecule has 0 radical (unpaired) electrons. The number of carbonyl (C=O) groups is 2. The molecule has 0 aromatic heterocycles. The first kappa shape index (κ1) is 19.7. The molecule has 0 aliphatic carbocycles. The molecular formula is C11H21ClN4O4S. The second-order valence-electron chi connectivity index (χ2n) is 4.62. The van der Waals surface area contributed by atoms with Crippen LogP contribution in [0.1, 0.15) is 26.7 Å². The number of amides is 2. The van der Waals surface area contributed by atoms with Crippen molar-refractivity contribution >= 4 is 40.0 Å². The minimum atomic E-state index is -3.49. The summed E-state index contributed by atoms with van der Waals surface area (Å²) in [5.74, 6) is -1.83. The summed E-state index contributed by atoms with van der Waals surface area (Å²) in [5.41, 5.74) is 10.4. The number of nitrogens with zero attached hydrogens (tertiary/aromatic N) is 2. The predicted octanol–water partition coefficient (Wildman–Crippen LogP) is -0.772. The predicted molar refractivity (Wildman–Crippen MR) is 81.4 cm³/mol. The van der Waals surface area contributed by atoms with E-state index in [1.165, 1.54) is 13.8 Å². The Hall–Kier alpha value is -1.35. The summed E-state index contributed by atoms with van der Waals surface area (Å²) in [6.07, 6.45) is 0.819. The minimum Gasteiger partial charge on any atom is -0.370 e. The highest BCUT2D eigenvalue weighted by Gasteiger charge is 2.54. The molecule has 0 spiro atoms. The van der Waals surface area contributed by atoms with Crippen LogP contribution >= 0.6 is 12.4 Å². The zero-order valence-corrected chi connectivity index (χ0v) is 13.6. The van der Waals surface area contributed by atoms with E-state index in [4.69, 9.17) is 11.5 Å². The van der Waals surface area contributed by atoms with Gasteiger partial charge in [-0.2, -0.15) is 0 Å². The number of guanidine groups is 1. The maximum absolute atomic E-state index is 12.0. The fourth-order valence-corrected chi connectivity index (χ4v) is 3.89. The highest BCUT2D eigenvalue weighted by Crippen LogP contribution is 2.34. The standard InChI is InChI=1S/C11H20N4O4S.ClH/c1-3-20(18,19)10-8(5-4-6-14-11(12)13)9(17)15(10)7(2)16;/h8,10H,3-6H2,1-2H3,(H4,12,13,14);1H/t8-,10+;/m1./s1. The lowest BCUT2D eigenvalue weighted by Crippen LogP contribution is -2.65. The Bertz CT molecular complexity index is 530. The van der Waals surface area contributed by atoms with E-state index in [9.17, 15) is 18.0 Å². The van der Waals surface area contributed by atoms with Crippen molar-refractivity contribution in [2.75, 3.05) is 12.3 Å². The molecule has 21 heavy (non-hydrogen) atoms. The number of aliphatic imine (C=N–C) groups is 1. The van der Waals surface area contributed by atoms with Gasteiger partial charge in [0.05, 0.1) is 5.92 Å². The van der Waals surface area contributed by atoms with E-state index in [1.807, 2.05) is 0 Å².